The van der Waals surface area contributed by atoms with Gasteiger partial charge in [0.05, 0.1) is 0 Å². The Balaban J connectivity index is 3.00. The van der Waals surface area contributed by atoms with Crippen LogP contribution in [0.15, 0.2) is 12.4 Å². The number of aryl methyl sites for hydroxylation is 1. The van der Waals surface area contributed by atoms with Crippen molar-refractivity contribution < 1.29 is 0 Å². The maximum atomic E-state index is 4.19. The Morgan fingerprint density at radius 3 is 2.69 bits per heavy atom. The Hall–Kier alpha value is -1.23. The summed E-state index contributed by atoms with van der Waals surface area (Å²) in [5.41, 5.74) is -0.142. The Morgan fingerprint density at radius 1 is 1.54 bits per heavy atom. The van der Waals surface area contributed by atoms with Crippen LogP contribution in [-0.2, 0) is 5.54 Å². The molecule has 1 aromatic heterocycles. The Labute approximate surface area is 80.0 Å². The van der Waals surface area contributed by atoms with Gasteiger partial charge in [-0.15, -0.1) is 5.92 Å². The van der Waals surface area contributed by atoms with Crippen molar-refractivity contribution in [1.82, 2.24) is 9.55 Å². The molecule has 0 radical (unpaired) electrons. The van der Waals surface area contributed by atoms with E-state index in [0.717, 1.165) is 12.2 Å². The molecule has 0 N–H and O–H groups in total. The second-order valence-electron chi connectivity index (χ2n) is 3.56. The molecule has 1 aromatic rings. The van der Waals surface area contributed by atoms with Crippen LogP contribution in [0.1, 0.15) is 33.0 Å². The summed E-state index contributed by atoms with van der Waals surface area (Å²) in [4.78, 5) is 4.19. The van der Waals surface area contributed by atoms with Gasteiger partial charge in [0.2, 0.25) is 0 Å². The lowest BCUT2D eigenvalue weighted by Gasteiger charge is -2.21. The van der Waals surface area contributed by atoms with E-state index < -0.39 is 0 Å². The Morgan fingerprint density at radius 2 is 2.23 bits per heavy atom. The van der Waals surface area contributed by atoms with Crippen LogP contribution in [0.2, 0.25) is 0 Å². The molecule has 0 saturated carbocycles. The Bertz CT molecular complexity index is 336. The predicted octanol–water partition coefficient (Wildman–Crippen LogP) is 2.34. The second kappa shape index (κ2) is 3.66. The van der Waals surface area contributed by atoms with Gasteiger partial charge in [0.15, 0.2) is 0 Å². The van der Waals surface area contributed by atoms with Crippen molar-refractivity contribution >= 4 is 0 Å². The maximum absolute atomic E-state index is 4.19. The third-order valence-electron chi connectivity index (χ3n) is 2.00. The summed E-state index contributed by atoms with van der Waals surface area (Å²) in [7, 11) is 0. The number of hydrogen-bond acceptors (Lipinski definition) is 1. The lowest BCUT2D eigenvalue weighted by atomic mass is 10.1. The molecule has 0 amide bonds. The highest BCUT2D eigenvalue weighted by Gasteiger charge is 2.17. The summed E-state index contributed by atoms with van der Waals surface area (Å²) in [6.07, 6.45) is 4.68. The van der Waals surface area contributed by atoms with Crippen molar-refractivity contribution in [3.8, 4) is 11.8 Å². The van der Waals surface area contributed by atoms with Crippen molar-refractivity contribution in [2.75, 3.05) is 0 Å². The SMILES string of the molecule is CCC#CC(C)(C)n1ccnc1C. The zero-order valence-corrected chi connectivity index (χ0v) is 8.76. The molecule has 0 aliphatic rings. The lowest BCUT2D eigenvalue weighted by Crippen LogP contribution is -2.24. The zero-order valence-electron chi connectivity index (χ0n) is 8.76. The quantitative estimate of drug-likeness (QED) is 0.600. The first-order chi connectivity index (χ1) is 6.08. The third-order valence-corrected chi connectivity index (χ3v) is 2.00. The molecule has 0 spiro atoms. The van der Waals surface area contributed by atoms with Gasteiger partial charge in [0.25, 0.3) is 0 Å². The fraction of sp³-hybridized carbons (Fsp3) is 0.545. The van der Waals surface area contributed by atoms with E-state index in [0.29, 0.717) is 0 Å². The molecule has 1 heterocycles. The highest BCUT2D eigenvalue weighted by Crippen LogP contribution is 2.15. The molecule has 2 heteroatoms. The smallest absolute Gasteiger partial charge is 0.106 e. The van der Waals surface area contributed by atoms with Crippen molar-refractivity contribution in [3.05, 3.63) is 18.2 Å². The number of rotatable bonds is 1. The van der Waals surface area contributed by atoms with Crippen LogP contribution in [0.5, 0.6) is 0 Å². The lowest BCUT2D eigenvalue weighted by molar-refractivity contribution is 0.462. The largest absolute Gasteiger partial charge is 0.319 e. The van der Waals surface area contributed by atoms with Crippen LogP contribution < -0.4 is 0 Å². The van der Waals surface area contributed by atoms with Gasteiger partial charge in [-0.1, -0.05) is 12.8 Å². The first-order valence-electron chi connectivity index (χ1n) is 4.58. The van der Waals surface area contributed by atoms with E-state index in [2.05, 4.69) is 42.2 Å². The summed E-state index contributed by atoms with van der Waals surface area (Å²) in [6, 6.07) is 0. The minimum Gasteiger partial charge on any atom is -0.319 e. The summed E-state index contributed by atoms with van der Waals surface area (Å²) in [6.45, 7) is 8.26. The van der Waals surface area contributed by atoms with Crippen molar-refractivity contribution in [2.45, 2.75) is 39.7 Å². The van der Waals surface area contributed by atoms with E-state index in [-0.39, 0.29) is 5.54 Å². The molecule has 2 nitrogen and oxygen atoms in total. The maximum Gasteiger partial charge on any atom is 0.106 e. The van der Waals surface area contributed by atoms with E-state index in [1.165, 1.54) is 0 Å². The van der Waals surface area contributed by atoms with Crippen LogP contribution in [0.4, 0.5) is 0 Å². The summed E-state index contributed by atoms with van der Waals surface area (Å²) in [5.74, 6) is 7.34. The summed E-state index contributed by atoms with van der Waals surface area (Å²) < 4.78 is 2.09. The third kappa shape index (κ3) is 2.12. The number of nitrogens with zero attached hydrogens (tertiary/aromatic N) is 2. The van der Waals surface area contributed by atoms with Crippen LogP contribution in [0.3, 0.4) is 0 Å². The normalized spacial score (nSPS) is 10.8. The first-order valence-corrected chi connectivity index (χ1v) is 4.58. The average Bonchev–Trinajstić information content (AvgIpc) is 2.48. The zero-order chi connectivity index (χ0) is 9.90. The van der Waals surface area contributed by atoms with Gasteiger partial charge >= 0.3 is 0 Å². The molecule has 0 aromatic carbocycles. The molecule has 0 aliphatic heterocycles. The number of hydrogen-bond donors (Lipinski definition) is 0. The van der Waals surface area contributed by atoms with Crippen LogP contribution in [0.25, 0.3) is 0 Å². The van der Waals surface area contributed by atoms with E-state index >= 15 is 0 Å². The van der Waals surface area contributed by atoms with Gasteiger partial charge < -0.3 is 4.57 Å². The van der Waals surface area contributed by atoms with E-state index in [1.807, 2.05) is 19.3 Å². The van der Waals surface area contributed by atoms with Crippen molar-refractivity contribution in [2.24, 2.45) is 0 Å². The van der Waals surface area contributed by atoms with Crippen molar-refractivity contribution in [1.29, 1.82) is 0 Å². The van der Waals surface area contributed by atoms with E-state index in [9.17, 15) is 0 Å². The number of aromatic nitrogens is 2. The molecule has 0 bridgehead atoms. The van der Waals surface area contributed by atoms with E-state index in [1.54, 1.807) is 0 Å². The van der Waals surface area contributed by atoms with Crippen LogP contribution >= 0.6 is 0 Å². The summed E-state index contributed by atoms with van der Waals surface area (Å²) in [5, 5.41) is 0. The van der Waals surface area contributed by atoms with Gasteiger partial charge in [0, 0.05) is 18.8 Å². The van der Waals surface area contributed by atoms with Gasteiger partial charge in [-0.05, 0) is 20.8 Å². The van der Waals surface area contributed by atoms with Crippen LogP contribution in [0, 0.1) is 18.8 Å². The fourth-order valence-corrected chi connectivity index (χ4v) is 1.33. The molecule has 0 atom stereocenters. The van der Waals surface area contributed by atoms with Crippen molar-refractivity contribution in [3.63, 3.8) is 0 Å². The minimum atomic E-state index is -0.142. The fourth-order valence-electron chi connectivity index (χ4n) is 1.33. The Kier molecular flexibility index (Phi) is 2.77. The van der Waals surface area contributed by atoms with Crippen LogP contribution in [-0.4, -0.2) is 9.55 Å². The summed E-state index contributed by atoms with van der Waals surface area (Å²) >= 11 is 0. The molecule has 0 saturated heterocycles. The van der Waals surface area contributed by atoms with Gasteiger partial charge in [-0.2, -0.15) is 0 Å². The molecule has 1 rings (SSSR count). The topological polar surface area (TPSA) is 17.8 Å². The number of imidazole rings is 1. The average molecular weight is 176 g/mol. The van der Waals surface area contributed by atoms with Gasteiger partial charge in [-0.25, -0.2) is 4.98 Å². The van der Waals surface area contributed by atoms with Gasteiger partial charge in [-0.3, -0.25) is 0 Å². The molecule has 0 aliphatic carbocycles. The standard InChI is InChI=1S/C11H16N2/c1-5-6-7-11(3,4)13-9-8-12-10(13)2/h8-9H,5H2,1-4H3. The molecular weight excluding hydrogens is 160 g/mol. The molecule has 13 heavy (non-hydrogen) atoms. The highest BCUT2D eigenvalue weighted by molar-refractivity contribution is 5.14. The first kappa shape index (κ1) is 9.85. The monoisotopic (exact) mass is 176 g/mol. The van der Waals surface area contributed by atoms with Gasteiger partial charge in [0.1, 0.15) is 11.4 Å². The highest BCUT2D eigenvalue weighted by atomic mass is 15.1. The van der Waals surface area contributed by atoms with E-state index in [4.69, 9.17) is 0 Å². The molecule has 0 fully saturated rings. The molecule has 0 unspecified atom stereocenters. The minimum absolute atomic E-state index is 0.142. The predicted molar refractivity (Wildman–Crippen MR) is 54.4 cm³/mol. The second-order valence-corrected chi connectivity index (χ2v) is 3.56. The molecule has 70 valence electrons. The molecular formula is C11H16N2.